The number of nitrogens with one attached hydrogen (secondary N) is 1. The van der Waals surface area contributed by atoms with E-state index in [0.29, 0.717) is 46.7 Å². The fourth-order valence-electron chi connectivity index (χ4n) is 9.99. The number of carbonyl (C=O) groups is 2. The quantitative estimate of drug-likeness (QED) is 0.311. The van der Waals surface area contributed by atoms with Gasteiger partial charge in [-0.05, 0) is 86.8 Å². The Morgan fingerprint density at radius 1 is 0.818 bits per heavy atom. The Labute approximate surface area is 320 Å². The van der Waals surface area contributed by atoms with Crippen LogP contribution < -0.4 is 20.9 Å². The molecular weight excluding hydrogens is 700 g/mol. The number of phenols is 1. The molecule has 5 fully saturated rings. The monoisotopic (exact) mass is 748 g/mol. The van der Waals surface area contributed by atoms with Gasteiger partial charge in [0.05, 0.1) is 29.0 Å². The van der Waals surface area contributed by atoms with Gasteiger partial charge >= 0.3 is 0 Å². The molecule has 55 heavy (non-hydrogen) atoms. The summed E-state index contributed by atoms with van der Waals surface area (Å²) in [7, 11) is 0. The van der Waals surface area contributed by atoms with Crippen molar-refractivity contribution < 1.29 is 19.1 Å². The van der Waals surface area contributed by atoms with Gasteiger partial charge in [-0.25, -0.2) is 14.4 Å². The number of rotatable bonds is 6. The van der Waals surface area contributed by atoms with Crippen molar-refractivity contribution in [2.24, 2.45) is 15.9 Å². The summed E-state index contributed by atoms with van der Waals surface area (Å²) in [6.07, 6.45) is 10.4. The maximum absolute atomic E-state index is 15.3. The third-order valence-electron chi connectivity index (χ3n) is 12.9. The smallest absolute Gasteiger partial charge is 0.234 e. The summed E-state index contributed by atoms with van der Waals surface area (Å²) in [4.78, 5) is 43.6. The molecule has 14 heteroatoms. The van der Waals surface area contributed by atoms with Gasteiger partial charge in [0.1, 0.15) is 11.6 Å². The van der Waals surface area contributed by atoms with Crippen LogP contribution >= 0.6 is 0 Å². The lowest BCUT2D eigenvalue weighted by molar-refractivity contribution is -0.134. The lowest BCUT2D eigenvalue weighted by Crippen LogP contribution is -2.56. The Morgan fingerprint density at radius 2 is 1.56 bits per heavy atom. The number of carbonyl (C=O) groups excluding carboxylic acids is 2. The topological polar surface area (TPSA) is 156 Å². The van der Waals surface area contributed by atoms with E-state index in [4.69, 9.17) is 15.7 Å². The standard InChI is InChI=1S/C41H49FN10O3/c42-32-21-26(30-12-14-38(54)46-40(30)55)7-13-35(32)50-19-17-49(18-20-50)27-8-5-25(6-9-27)33-15-16-44-41(45-33)52-28-10-11-29(52)24-51(23-28)36-22-34(47-48-39(36)43)31-3-1-2-4-37(31)53/h1-4,7,13,16,21-22,25,27-30,33,53H,5-6,8-12,14-15,17-20,23-24H2,(H2,43,48)(H,46,54,55)/t25?,27?,28-,29+,30?,33?. The van der Waals surface area contributed by atoms with Crippen molar-refractivity contribution in [1.29, 1.82) is 0 Å². The number of phenolic OH excluding ortho intramolecular Hbond substituents is 1. The number of anilines is 3. The van der Waals surface area contributed by atoms with E-state index in [9.17, 15) is 14.7 Å². The van der Waals surface area contributed by atoms with Gasteiger partial charge in [-0.15, -0.1) is 10.2 Å². The first kappa shape index (κ1) is 35.6. The summed E-state index contributed by atoms with van der Waals surface area (Å²) in [6, 6.07) is 15.5. The van der Waals surface area contributed by atoms with Crippen LogP contribution in [0, 0.1) is 11.7 Å². The third kappa shape index (κ3) is 7.00. The highest BCUT2D eigenvalue weighted by atomic mass is 19.1. The number of benzene rings is 2. The lowest BCUT2D eigenvalue weighted by Gasteiger charge is -2.44. The van der Waals surface area contributed by atoms with E-state index in [2.05, 4.69) is 41.3 Å². The number of guanidine groups is 1. The van der Waals surface area contributed by atoms with Crippen LogP contribution in [0.25, 0.3) is 11.3 Å². The number of aromatic nitrogens is 2. The van der Waals surface area contributed by atoms with Gasteiger partial charge in [-0.3, -0.25) is 19.8 Å². The number of aromatic hydroxyl groups is 1. The minimum atomic E-state index is -0.485. The zero-order chi connectivity index (χ0) is 37.6. The second kappa shape index (κ2) is 14.9. The summed E-state index contributed by atoms with van der Waals surface area (Å²) < 4.78 is 15.3. The van der Waals surface area contributed by atoms with Crippen LogP contribution in [0.15, 0.2) is 58.5 Å². The van der Waals surface area contributed by atoms with E-state index < -0.39 is 5.92 Å². The van der Waals surface area contributed by atoms with E-state index in [0.717, 1.165) is 95.9 Å². The number of nitrogens with zero attached hydrogens (tertiary/aromatic N) is 8. The zero-order valence-corrected chi connectivity index (χ0v) is 31.1. The Hall–Kier alpha value is -5.11. The van der Waals surface area contributed by atoms with Gasteiger partial charge in [0.2, 0.25) is 17.8 Å². The Morgan fingerprint density at radius 3 is 2.29 bits per heavy atom. The molecule has 1 aromatic heterocycles. The van der Waals surface area contributed by atoms with Crippen molar-refractivity contribution >= 4 is 41.2 Å². The number of halogens is 1. The van der Waals surface area contributed by atoms with Crippen LogP contribution in [0.3, 0.4) is 0 Å². The molecule has 2 aromatic carbocycles. The summed E-state index contributed by atoms with van der Waals surface area (Å²) >= 11 is 0. The van der Waals surface area contributed by atoms with Crippen LogP contribution in [0.1, 0.15) is 69.3 Å². The highest BCUT2D eigenvalue weighted by molar-refractivity contribution is 6.01. The van der Waals surface area contributed by atoms with Crippen LogP contribution in [0.5, 0.6) is 5.75 Å². The fraction of sp³-hybridized carbons (Fsp3) is 0.512. The molecule has 2 bridgehead atoms. The molecule has 6 heterocycles. The van der Waals surface area contributed by atoms with Crippen molar-refractivity contribution in [2.45, 2.75) is 87.9 Å². The van der Waals surface area contributed by atoms with Crippen molar-refractivity contribution in [2.75, 3.05) is 54.8 Å². The minimum absolute atomic E-state index is 0.166. The number of nitrogens with two attached hydrogens (primary N) is 1. The van der Waals surface area contributed by atoms with Crippen LogP contribution in [0.4, 0.5) is 21.6 Å². The molecule has 5 aliphatic heterocycles. The first-order valence-corrected chi connectivity index (χ1v) is 20.0. The molecule has 4 saturated heterocycles. The van der Waals surface area contributed by atoms with Gasteiger partial charge in [-0.1, -0.05) is 18.2 Å². The molecule has 0 spiro atoms. The average Bonchev–Trinajstić information content (AvgIpc) is 3.47. The van der Waals surface area contributed by atoms with E-state index in [1.54, 1.807) is 18.2 Å². The lowest BCUT2D eigenvalue weighted by atomic mass is 9.80. The van der Waals surface area contributed by atoms with Crippen molar-refractivity contribution in [1.82, 2.24) is 25.3 Å². The zero-order valence-electron chi connectivity index (χ0n) is 31.1. The molecule has 1 saturated carbocycles. The minimum Gasteiger partial charge on any atom is -0.507 e. The number of imide groups is 1. The first-order chi connectivity index (χ1) is 26.8. The summed E-state index contributed by atoms with van der Waals surface area (Å²) in [5.41, 5.74) is 9.67. The Kier molecular flexibility index (Phi) is 9.61. The Balaban J connectivity index is 0.785. The van der Waals surface area contributed by atoms with Crippen molar-refractivity contribution in [3.8, 4) is 17.0 Å². The number of hydrogen-bond acceptors (Lipinski definition) is 12. The number of nitrogen functional groups attached to an aromatic ring is 1. The molecule has 1 aliphatic carbocycles. The predicted molar refractivity (Wildman–Crippen MR) is 210 cm³/mol. The number of piperazine rings is 2. The van der Waals surface area contributed by atoms with Crippen LogP contribution in [-0.4, -0.2) is 113 Å². The highest BCUT2D eigenvalue weighted by Gasteiger charge is 2.43. The molecule has 0 radical (unpaired) electrons. The number of aliphatic imine (C=N–C) groups is 2. The maximum Gasteiger partial charge on any atom is 0.234 e. The maximum atomic E-state index is 15.3. The van der Waals surface area contributed by atoms with Crippen LogP contribution in [0.2, 0.25) is 0 Å². The van der Waals surface area contributed by atoms with Gasteiger partial charge in [0.15, 0.2) is 5.82 Å². The normalized spacial score (nSPS) is 28.7. The van der Waals surface area contributed by atoms with Crippen LogP contribution in [-0.2, 0) is 9.59 Å². The Bertz CT molecular complexity index is 2000. The second-order valence-electron chi connectivity index (χ2n) is 16.1. The SMILES string of the molecule is Nc1nnc(-c2ccccc2O)cc1N1C[C@H]2CC[C@@H](C1)N2C1=NC(C2CCC(N3CCN(c4ccc(C5CCC(=O)NC5=O)cc4F)CC3)CC2)CC=N1. The molecular formula is C41H49FN10O3. The van der Waals surface area contributed by atoms with Crippen molar-refractivity contribution in [3.63, 3.8) is 0 Å². The molecule has 9 rings (SSSR count). The number of amides is 2. The molecule has 3 aromatic rings. The highest BCUT2D eigenvalue weighted by Crippen LogP contribution is 2.39. The number of fused-ring (bicyclic) bond motifs is 2. The number of piperidine rings is 1. The largest absolute Gasteiger partial charge is 0.507 e. The number of para-hydroxylation sites is 1. The molecule has 2 unspecified atom stereocenters. The predicted octanol–water partition coefficient (Wildman–Crippen LogP) is 4.32. The van der Waals surface area contributed by atoms with Gasteiger partial charge < -0.3 is 25.5 Å². The summed E-state index contributed by atoms with van der Waals surface area (Å²) in [6.45, 7) is 4.91. The average molecular weight is 749 g/mol. The van der Waals surface area contributed by atoms with E-state index >= 15 is 4.39 Å². The van der Waals surface area contributed by atoms with Gasteiger partial charge in [0.25, 0.3) is 0 Å². The summed E-state index contributed by atoms with van der Waals surface area (Å²) in [5.74, 6) is 0.575. The molecule has 288 valence electrons. The van der Waals surface area contributed by atoms with E-state index in [1.807, 2.05) is 24.3 Å². The summed E-state index contributed by atoms with van der Waals surface area (Å²) in [5, 5.41) is 21.3. The van der Waals surface area contributed by atoms with Gasteiger partial charge in [-0.2, -0.15) is 0 Å². The second-order valence-corrected chi connectivity index (χ2v) is 16.1. The van der Waals surface area contributed by atoms with E-state index in [-0.39, 0.29) is 47.9 Å². The third-order valence-corrected chi connectivity index (χ3v) is 12.9. The fourth-order valence-corrected chi connectivity index (χ4v) is 9.99. The molecule has 6 aliphatic rings. The molecule has 4 atom stereocenters. The first-order valence-electron chi connectivity index (χ1n) is 20.0. The molecule has 2 amide bonds. The number of hydrogen-bond donors (Lipinski definition) is 3. The van der Waals surface area contributed by atoms with Crippen molar-refractivity contribution in [3.05, 3.63) is 59.9 Å². The van der Waals surface area contributed by atoms with E-state index in [1.165, 1.54) is 6.07 Å². The van der Waals surface area contributed by atoms with Gasteiger partial charge in [0, 0.05) is 82.0 Å². The molecule has 4 N–H and O–H groups in total. The molecule has 13 nitrogen and oxygen atoms in total.